The summed E-state index contributed by atoms with van der Waals surface area (Å²) in [6, 6.07) is 4.45. The van der Waals surface area contributed by atoms with Crippen LogP contribution in [0.1, 0.15) is 46.6 Å². The topological polar surface area (TPSA) is 93.8 Å². The molecule has 6 rings (SSSR count). The van der Waals surface area contributed by atoms with Crippen molar-refractivity contribution in [3.8, 4) is 11.3 Å². The van der Waals surface area contributed by atoms with E-state index in [1.54, 1.807) is 0 Å². The Balaban J connectivity index is 1.55. The van der Waals surface area contributed by atoms with Crippen molar-refractivity contribution in [1.29, 1.82) is 0 Å². The van der Waals surface area contributed by atoms with Crippen molar-refractivity contribution in [1.82, 2.24) is 35.2 Å². The minimum atomic E-state index is 0.0115. The summed E-state index contributed by atoms with van der Waals surface area (Å²) in [7, 11) is 4.15. The third-order valence-electron chi connectivity index (χ3n) is 7.46. The number of rotatable bonds is 3. The maximum atomic E-state index is 13.6. The summed E-state index contributed by atoms with van der Waals surface area (Å²) in [5.41, 5.74) is 8.06. The second-order valence-corrected chi connectivity index (χ2v) is 9.65. The molecule has 2 aliphatic rings. The average Bonchev–Trinajstić information content (AvgIpc) is 3.57. The van der Waals surface area contributed by atoms with Gasteiger partial charge >= 0.3 is 0 Å². The molecule has 4 heterocycles. The molecule has 1 fully saturated rings. The molecule has 0 bridgehead atoms. The lowest BCUT2D eigenvalue weighted by Gasteiger charge is -2.22. The highest BCUT2D eigenvalue weighted by Gasteiger charge is 2.31. The number of benzene rings is 1. The number of carbonyl (C=O) groups is 1. The second kappa shape index (κ2) is 7.66. The van der Waals surface area contributed by atoms with E-state index < -0.39 is 0 Å². The Labute approximate surface area is 192 Å². The van der Waals surface area contributed by atoms with Gasteiger partial charge in [0.2, 0.25) is 0 Å². The smallest absolute Gasteiger partial charge is 0.275 e. The zero-order chi connectivity index (χ0) is 22.7. The Morgan fingerprint density at radius 1 is 1.12 bits per heavy atom. The van der Waals surface area contributed by atoms with Gasteiger partial charge < -0.3 is 9.80 Å². The Hall–Kier alpha value is -3.26. The van der Waals surface area contributed by atoms with Crippen LogP contribution >= 0.6 is 0 Å². The zero-order valence-corrected chi connectivity index (χ0v) is 19.4. The normalized spacial score (nSPS) is 18.5. The first-order chi connectivity index (χ1) is 16.0. The summed E-state index contributed by atoms with van der Waals surface area (Å²) in [6.45, 7) is 3.54. The van der Waals surface area contributed by atoms with Gasteiger partial charge in [-0.2, -0.15) is 10.2 Å². The summed E-state index contributed by atoms with van der Waals surface area (Å²) in [6.07, 6.45) is 7.14. The van der Waals surface area contributed by atoms with Crippen LogP contribution in [0.25, 0.3) is 33.1 Å². The number of fused-ring (bicyclic) bond motifs is 5. The van der Waals surface area contributed by atoms with Crippen molar-refractivity contribution in [2.24, 2.45) is 0 Å². The van der Waals surface area contributed by atoms with Gasteiger partial charge in [0, 0.05) is 41.2 Å². The van der Waals surface area contributed by atoms with Gasteiger partial charge in [0.25, 0.3) is 5.91 Å². The van der Waals surface area contributed by atoms with E-state index in [4.69, 9.17) is 4.98 Å². The van der Waals surface area contributed by atoms with E-state index in [9.17, 15) is 4.79 Å². The Morgan fingerprint density at radius 3 is 2.67 bits per heavy atom. The molecule has 0 spiro atoms. The van der Waals surface area contributed by atoms with E-state index >= 15 is 0 Å². The minimum Gasteiger partial charge on any atom is -0.336 e. The predicted octanol–water partition coefficient (Wildman–Crippen LogP) is 3.46. The van der Waals surface area contributed by atoms with Gasteiger partial charge in [0.05, 0.1) is 22.9 Å². The maximum Gasteiger partial charge on any atom is 0.275 e. The molecule has 33 heavy (non-hydrogen) atoms. The molecular weight excluding hydrogens is 414 g/mol. The molecule has 1 aromatic carbocycles. The lowest BCUT2D eigenvalue weighted by atomic mass is 9.85. The zero-order valence-electron chi connectivity index (χ0n) is 19.4. The maximum absolute atomic E-state index is 13.6. The second-order valence-electron chi connectivity index (χ2n) is 9.65. The van der Waals surface area contributed by atoms with Crippen molar-refractivity contribution < 1.29 is 4.79 Å². The number of nitrogens with zero attached hydrogens (tertiary/aromatic N) is 5. The van der Waals surface area contributed by atoms with Crippen molar-refractivity contribution in [3.05, 3.63) is 40.8 Å². The number of amides is 1. The summed E-state index contributed by atoms with van der Waals surface area (Å²) < 4.78 is 0. The molecule has 1 unspecified atom stereocenters. The van der Waals surface area contributed by atoms with E-state index in [1.807, 2.05) is 24.1 Å². The first-order valence-corrected chi connectivity index (χ1v) is 11.8. The molecule has 1 amide bonds. The number of likely N-dealkylation sites (N-methyl/N-ethyl adjacent to an activating group) is 1. The van der Waals surface area contributed by atoms with Gasteiger partial charge in [0.1, 0.15) is 0 Å². The quantitative estimate of drug-likeness (QED) is 0.506. The lowest BCUT2D eigenvalue weighted by Crippen LogP contribution is -2.34. The molecule has 1 saturated heterocycles. The number of hydrogen-bond donors (Lipinski definition) is 2. The first-order valence-electron chi connectivity index (χ1n) is 11.8. The number of carbonyl (C=O) groups excluding carboxylic acids is 1. The molecule has 1 aliphatic heterocycles. The Kier molecular flexibility index (Phi) is 4.72. The van der Waals surface area contributed by atoms with E-state index in [0.29, 0.717) is 11.7 Å². The fourth-order valence-corrected chi connectivity index (χ4v) is 5.60. The fourth-order valence-electron chi connectivity index (χ4n) is 5.60. The number of aryl methyl sites for hydroxylation is 2. The van der Waals surface area contributed by atoms with Crippen LogP contribution in [0.4, 0.5) is 0 Å². The predicted molar refractivity (Wildman–Crippen MR) is 128 cm³/mol. The van der Waals surface area contributed by atoms with Gasteiger partial charge in [0.15, 0.2) is 5.69 Å². The van der Waals surface area contributed by atoms with E-state index in [-0.39, 0.29) is 5.91 Å². The van der Waals surface area contributed by atoms with Crippen molar-refractivity contribution in [2.75, 3.05) is 27.2 Å². The largest absolute Gasteiger partial charge is 0.336 e. The molecule has 0 radical (unpaired) electrons. The minimum absolute atomic E-state index is 0.0115. The summed E-state index contributed by atoms with van der Waals surface area (Å²) in [5.74, 6) is 0.0115. The molecule has 0 saturated carbocycles. The standard InChI is InChI=1S/C25H29N7O/c1-14-18(12-26-28-14)23-17-7-5-4-6-16(17)21-19(27-23)8-9-20-22(21)24(30-29-20)25(33)32-11-10-15(13-32)31(2)3/h8-9,12,15H,4-7,10-11,13H2,1-3H3,(H,26,28)(H,29,30). The molecule has 4 aromatic rings. The Bertz CT molecular complexity index is 1380. The van der Waals surface area contributed by atoms with Crippen LogP contribution in [-0.2, 0) is 12.8 Å². The highest BCUT2D eigenvalue weighted by molar-refractivity contribution is 6.17. The molecule has 8 nitrogen and oxygen atoms in total. The van der Waals surface area contributed by atoms with Gasteiger partial charge in [-0.05, 0) is 76.4 Å². The van der Waals surface area contributed by atoms with Crippen LogP contribution in [0.15, 0.2) is 18.3 Å². The Morgan fingerprint density at radius 2 is 1.94 bits per heavy atom. The lowest BCUT2D eigenvalue weighted by molar-refractivity contribution is 0.0779. The molecule has 2 N–H and O–H groups in total. The summed E-state index contributed by atoms with van der Waals surface area (Å²) in [4.78, 5) is 22.9. The number of aromatic nitrogens is 5. The third-order valence-corrected chi connectivity index (χ3v) is 7.46. The van der Waals surface area contributed by atoms with Gasteiger partial charge in [-0.1, -0.05) is 0 Å². The van der Waals surface area contributed by atoms with Crippen LogP contribution in [0.3, 0.4) is 0 Å². The number of pyridine rings is 1. The average molecular weight is 444 g/mol. The highest BCUT2D eigenvalue weighted by atomic mass is 16.2. The molecule has 1 aliphatic carbocycles. The summed E-state index contributed by atoms with van der Waals surface area (Å²) in [5, 5.41) is 17.0. The van der Waals surface area contributed by atoms with Crippen LogP contribution < -0.4 is 0 Å². The van der Waals surface area contributed by atoms with Crippen molar-refractivity contribution in [3.63, 3.8) is 0 Å². The van der Waals surface area contributed by atoms with Crippen LogP contribution in [0.2, 0.25) is 0 Å². The molecular formula is C25H29N7O. The number of nitrogens with one attached hydrogen (secondary N) is 2. The first kappa shape index (κ1) is 20.4. The van der Waals surface area contributed by atoms with E-state index in [0.717, 1.165) is 84.0 Å². The fraction of sp³-hybridized carbons (Fsp3) is 0.440. The van der Waals surface area contributed by atoms with Gasteiger partial charge in [-0.25, -0.2) is 4.98 Å². The SMILES string of the molecule is Cc1[nH]ncc1-c1nc2ccc3[nH]nc(C(=O)N4CCC(N(C)C)C4)c3c2c2c1CCCC2. The van der Waals surface area contributed by atoms with Gasteiger partial charge in [-0.3, -0.25) is 15.0 Å². The van der Waals surface area contributed by atoms with Crippen molar-refractivity contribution in [2.45, 2.75) is 45.1 Å². The summed E-state index contributed by atoms with van der Waals surface area (Å²) >= 11 is 0. The van der Waals surface area contributed by atoms with Crippen LogP contribution in [0.5, 0.6) is 0 Å². The number of likely N-dealkylation sites (tertiary alicyclic amines) is 1. The van der Waals surface area contributed by atoms with Gasteiger partial charge in [-0.15, -0.1) is 0 Å². The van der Waals surface area contributed by atoms with E-state index in [2.05, 4.69) is 45.5 Å². The molecule has 170 valence electrons. The van der Waals surface area contributed by atoms with E-state index in [1.165, 1.54) is 11.1 Å². The molecule has 8 heteroatoms. The van der Waals surface area contributed by atoms with Crippen LogP contribution in [-0.4, -0.2) is 74.3 Å². The van der Waals surface area contributed by atoms with Crippen LogP contribution in [0, 0.1) is 6.92 Å². The number of aromatic amines is 2. The molecule has 1 atom stereocenters. The molecule has 3 aromatic heterocycles. The highest BCUT2D eigenvalue weighted by Crippen LogP contribution is 2.39. The number of hydrogen-bond acceptors (Lipinski definition) is 5. The van der Waals surface area contributed by atoms with Crippen molar-refractivity contribution >= 4 is 27.7 Å². The third kappa shape index (κ3) is 3.15. The monoisotopic (exact) mass is 443 g/mol. The number of H-pyrrole nitrogens is 2.